The van der Waals surface area contributed by atoms with E-state index in [1.807, 2.05) is 13.8 Å². The molecule has 0 aromatic carbocycles. The summed E-state index contributed by atoms with van der Waals surface area (Å²) < 4.78 is 11.9. The molecule has 0 saturated carbocycles. The lowest BCUT2D eigenvalue weighted by Crippen LogP contribution is -2.30. The molecular formula is C8H12BrNO3. The lowest BCUT2D eigenvalue weighted by Gasteiger charge is -2.18. The van der Waals surface area contributed by atoms with Crippen LogP contribution in [0.25, 0.3) is 0 Å². The van der Waals surface area contributed by atoms with Gasteiger partial charge in [0, 0.05) is 6.42 Å². The number of hydrogen-bond donors (Lipinski definition) is 0. The molecule has 4 nitrogen and oxygen atoms in total. The van der Waals surface area contributed by atoms with Crippen LogP contribution in [0.15, 0.2) is 5.16 Å². The SMILES string of the molecule is CC1(C)CO[C@H]([C@@H]2CC(Br)=NO2)O1. The second-order valence-electron chi connectivity index (χ2n) is 3.87. The predicted molar refractivity (Wildman–Crippen MR) is 50.8 cm³/mol. The van der Waals surface area contributed by atoms with Crippen LogP contribution in [0.2, 0.25) is 0 Å². The number of rotatable bonds is 1. The zero-order valence-corrected chi connectivity index (χ0v) is 9.20. The predicted octanol–water partition coefficient (Wildman–Crippen LogP) is 1.64. The van der Waals surface area contributed by atoms with Crippen LogP contribution in [-0.2, 0) is 14.3 Å². The maximum absolute atomic E-state index is 5.64. The normalized spacial score (nSPS) is 37.3. The summed E-state index contributed by atoms with van der Waals surface area (Å²) in [4.78, 5) is 5.13. The molecule has 74 valence electrons. The first-order chi connectivity index (χ1) is 6.07. The molecule has 1 saturated heterocycles. The largest absolute Gasteiger partial charge is 0.386 e. The Morgan fingerprint density at radius 3 is 2.77 bits per heavy atom. The fourth-order valence-corrected chi connectivity index (χ4v) is 1.76. The Morgan fingerprint density at radius 1 is 1.54 bits per heavy atom. The fourth-order valence-electron chi connectivity index (χ4n) is 1.36. The van der Waals surface area contributed by atoms with Crippen LogP contribution in [0.4, 0.5) is 0 Å². The van der Waals surface area contributed by atoms with Crippen LogP contribution < -0.4 is 0 Å². The van der Waals surface area contributed by atoms with Crippen LogP contribution in [0.1, 0.15) is 20.3 Å². The summed E-state index contributed by atoms with van der Waals surface area (Å²) >= 11 is 3.27. The van der Waals surface area contributed by atoms with Gasteiger partial charge in [0.2, 0.25) is 0 Å². The number of hydrogen-bond acceptors (Lipinski definition) is 4. The van der Waals surface area contributed by atoms with Gasteiger partial charge in [-0.15, -0.1) is 0 Å². The van der Waals surface area contributed by atoms with Crippen molar-refractivity contribution < 1.29 is 14.3 Å². The Hall–Kier alpha value is -0.130. The second-order valence-corrected chi connectivity index (χ2v) is 4.79. The fraction of sp³-hybridized carbons (Fsp3) is 0.875. The van der Waals surface area contributed by atoms with Crippen molar-refractivity contribution in [2.75, 3.05) is 6.61 Å². The molecule has 0 aromatic heterocycles. The monoisotopic (exact) mass is 249 g/mol. The van der Waals surface area contributed by atoms with E-state index < -0.39 is 0 Å². The molecule has 0 bridgehead atoms. The minimum atomic E-state index is -0.284. The summed E-state index contributed by atoms with van der Waals surface area (Å²) in [7, 11) is 0. The van der Waals surface area contributed by atoms with Crippen molar-refractivity contribution in [2.45, 2.75) is 38.3 Å². The van der Waals surface area contributed by atoms with Crippen LogP contribution >= 0.6 is 15.9 Å². The summed E-state index contributed by atoms with van der Waals surface area (Å²) in [6.07, 6.45) is 0.339. The lowest BCUT2D eigenvalue weighted by molar-refractivity contribution is -0.153. The van der Waals surface area contributed by atoms with Gasteiger partial charge in [-0.1, -0.05) is 5.16 Å². The van der Waals surface area contributed by atoms with Crippen molar-refractivity contribution in [3.63, 3.8) is 0 Å². The summed E-state index contributed by atoms with van der Waals surface area (Å²) in [6.45, 7) is 4.60. The van der Waals surface area contributed by atoms with Crippen molar-refractivity contribution in [1.82, 2.24) is 0 Å². The standard InChI is InChI=1S/C8H12BrNO3/c1-8(2)4-11-7(12-8)5-3-6(9)10-13-5/h5,7H,3-4H2,1-2H3/t5-,7-/m0/s1. The van der Waals surface area contributed by atoms with Gasteiger partial charge in [-0.05, 0) is 29.8 Å². The summed E-state index contributed by atoms with van der Waals surface area (Å²) in [6, 6.07) is 0. The molecule has 2 aliphatic rings. The van der Waals surface area contributed by atoms with E-state index in [1.165, 1.54) is 0 Å². The van der Waals surface area contributed by atoms with Crippen molar-refractivity contribution in [3.05, 3.63) is 0 Å². The highest BCUT2D eigenvalue weighted by atomic mass is 79.9. The number of oxime groups is 1. The molecule has 0 N–H and O–H groups in total. The van der Waals surface area contributed by atoms with E-state index >= 15 is 0 Å². The number of halogens is 1. The highest BCUT2D eigenvalue weighted by Crippen LogP contribution is 2.29. The van der Waals surface area contributed by atoms with Crippen LogP contribution in [0, 0.1) is 0 Å². The Bertz CT molecular complexity index is 242. The van der Waals surface area contributed by atoms with Crippen molar-refractivity contribution in [3.8, 4) is 0 Å². The van der Waals surface area contributed by atoms with E-state index in [9.17, 15) is 0 Å². The topological polar surface area (TPSA) is 40.0 Å². The van der Waals surface area contributed by atoms with Gasteiger partial charge in [-0.2, -0.15) is 0 Å². The second kappa shape index (κ2) is 3.22. The highest BCUT2D eigenvalue weighted by Gasteiger charge is 2.40. The molecule has 0 radical (unpaired) electrons. The minimum Gasteiger partial charge on any atom is -0.386 e. The van der Waals surface area contributed by atoms with Gasteiger partial charge in [-0.3, -0.25) is 0 Å². The Kier molecular flexibility index (Phi) is 2.33. The van der Waals surface area contributed by atoms with E-state index in [2.05, 4.69) is 21.1 Å². The average molecular weight is 250 g/mol. The molecule has 0 aromatic rings. The maximum atomic E-state index is 5.64. The first-order valence-electron chi connectivity index (χ1n) is 4.24. The minimum absolute atomic E-state index is 0.101. The Balaban J connectivity index is 1.91. The molecule has 5 heteroatoms. The highest BCUT2D eigenvalue weighted by molar-refractivity contribution is 9.18. The molecule has 0 unspecified atom stereocenters. The first-order valence-corrected chi connectivity index (χ1v) is 5.04. The van der Waals surface area contributed by atoms with Gasteiger partial charge >= 0.3 is 0 Å². The van der Waals surface area contributed by atoms with Crippen LogP contribution in [0.5, 0.6) is 0 Å². The molecule has 13 heavy (non-hydrogen) atoms. The third-order valence-corrected chi connectivity index (χ3v) is 2.46. The van der Waals surface area contributed by atoms with Gasteiger partial charge in [-0.25, -0.2) is 0 Å². The van der Waals surface area contributed by atoms with Gasteiger partial charge in [0.05, 0.1) is 12.2 Å². The Morgan fingerprint density at radius 2 is 2.31 bits per heavy atom. The smallest absolute Gasteiger partial charge is 0.198 e. The Labute approximate surface area is 85.3 Å². The third-order valence-electron chi connectivity index (χ3n) is 1.99. The molecular weight excluding hydrogens is 238 g/mol. The average Bonchev–Trinajstić information content (AvgIpc) is 2.56. The number of nitrogens with zero attached hydrogens (tertiary/aromatic N) is 1. The summed E-state index contributed by atoms with van der Waals surface area (Å²) in [5.74, 6) is 0. The van der Waals surface area contributed by atoms with E-state index in [0.29, 0.717) is 6.61 Å². The van der Waals surface area contributed by atoms with Crippen molar-refractivity contribution >= 4 is 20.6 Å². The van der Waals surface area contributed by atoms with Crippen LogP contribution in [-0.4, -0.2) is 29.2 Å². The van der Waals surface area contributed by atoms with Gasteiger partial charge < -0.3 is 14.3 Å². The molecule has 2 rings (SSSR count). The zero-order valence-electron chi connectivity index (χ0n) is 7.62. The quantitative estimate of drug-likeness (QED) is 0.710. The van der Waals surface area contributed by atoms with Crippen LogP contribution in [0.3, 0.4) is 0 Å². The molecule has 0 aliphatic carbocycles. The van der Waals surface area contributed by atoms with E-state index in [1.54, 1.807) is 0 Å². The molecule has 0 spiro atoms. The van der Waals surface area contributed by atoms with E-state index in [-0.39, 0.29) is 18.0 Å². The molecule has 1 fully saturated rings. The zero-order chi connectivity index (χ0) is 9.47. The summed E-state index contributed by atoms with van der Waals surface area (Å²) in [5, 5.41) is 3.78. The van der Waals surface area contributed by atoms with Gasteiger partial charge in [0.1, 0.15) is 4.62 Å². The number of ether oxygens (including phenoxy) is 2. The molecule has 2 aliphatic heterocycles. The van der Waals surface area contributed by atoms with E-state index in [4.69, 9.17) is 14.3 Å². The summed E-state index contributed by atoms with van der Waals surface area (Å²) in [5.41, 5.74) is -0.205. The molecule has 0 amide bonds. The maximum Gasteiger partial charge on any atom is 0.198 e. The van der Waals surface area contributed by atoms with E-state index in [0.717, 1.165) is 11.0 Å². The molecule has 2 heterocycles. The first kappa shape index (κ1) is 9.43. The lowest BCUT2D eigenvalue weighted by atomic mass is 10.2. The third kappa shape index (κ3) is 2.03. The van der Waals surface area contributed by atoms with Crippen molar-refractivity contribution in [1.29, 1.82) is 0 Å². The van der Waals surface area contributed by atoms with Gasteiger partial charge in [0.25, 0.3) is 0 Å². The van der Waals surface area contributed by atoms with Gasteiger partial charge in [0.15, 0.2) is 12.4 Å². The van der Waals surface area contributed by atoms with Crippen molar-refractivity contribution in [2.24, 2.45) is 5.16 Å². The molecule has 2 atom stereocenters.